The maximum atomic E-state index is 5.75. The van der Waals surface area contributed by atoms with Crippen LogP contribution in [0.5, 0.6) is 0 Å². The number of nitrogens with one attached hydrogen (secondary N) is 1. The molecule has 0 spiro atoms. The molecular formula is C11H16ClN3. The average Bonchev–Trinajstić information content (AvgIpc) is 2.28. The molecule has 1 aromatic heterocycles. The molecule has 1 aromatic rings. The molecule has 1 N–H and O–H groups in total. The largest absolute Gasteiger partial charge is 0.368 e. The normalized spacial score (nSPS) is 17.7. The summed E-state index contributed by atoms with van der Waals surface area (Å²) in [6, 6.07) is 0. The molecule has 0 bridgehead atoms. The summed E-state index contributed by atoms with van der Waals surface area (Å²) in [7, 11) is 0. The van der Waals surface area contributed by atoms with Crippen LogP contribution in [-0.4, -0.2) is 16.5 Å². The maximum Gasteiger partial charge on any atom is 0.149 e. The van der Waals surface area contributed by atoms with Crippen molar-refractivity contribution in [3.8, 4) is 0 Å². The first kappa shape index (κ1) is 10.7. The monoisotopic (exact) mass is 225 g/mol. The molecule has 1 aliphatic rings. The minimum Gasteiger partial charge on any atom is -0.368 e. The van der Waals surface area contributed by atoms with Gasteiger partial charge in [-0.2, -0.15) is 0 Å². The topological polar surface area (TPSA) is 37.8 Å². The number of anilines is 1. The van der Waals surface area contributed by atoms with Gasteiger partial charge in [0.2, 0.25) is 0 Å². The summed E-state index contributed by atoms with van der Waals surface area (Å²) in [5.41, 5.74) is 0. The second-order valence-electron chi connectivity index (χ2n) is 4.11. The molecule has 0 unspecified atom stereocenters. The van der Waals surface area contributed by atoms with Gasteiger partial charge in [-0.1, -0.05) is 30.9 Å². The third kappa shape index (κ3) is 3.34. The van der Waals surface area contributed by atoms with Crippen molar-refractivity contribution < 1.29 is 0 Å². The molecule has 0 saturated heterocycles. The van der Waals surface area contributed by atoms with E-state index in [1.54, 1.807) is 12.4 Å². The van der Waals surface area contributed by atoms with Crippen LogP contribution in [0.3, 0.4) is 0 Å². The highest BCUT2D eigenvalue weighted by Gasteiger charge is 2.12. The Balaban J connectivity index is 1.81. The van der Waals surface area contributed by atoms with Gasteiger partial charge in [-0.25, -0.2) is 4.98 Å². The summed E-state index contributed by atoms with van der Waals surface area (Å²) in [5, 5.41) is 3.74. The number of hydrogen-bond acceptors (Lipinski definition) is 3. The van der Waals surface area contributed by atoms with E-state index >= 15 is 0 Å². The summed E-state index contributed by atoms with van der Waals surface area (Å²) in [4.78, 5) is 8.14. The van der Waals surface area contributed by atoms with E-state index in [1.165, 1.54) is 32.1 Å². The highest BCUT2D eigenvalue weighted by molar-refractivity contribution is 6.29. The van der Waals surface area contributed by atoms with Crippen molar-refractivity contribution in [3.05, 3.63) is 17.5 Å². The van der Waals surface area contributed by atoms with Gasteiger partial charge in [-0.3, -0.25) is 4.98 Å². The zero-order valence-corrected chi connectivity index (χ0v) is 9.50. The van der Waals surface area contributed by atoms with E-state index in [0.29, 0.717) is 5.15 Å². The minimum atomic E-state index is 0.448. The molecule has 1 fully saturated rings. The smallest absolute Gasteiger partial charge is 0.149 e. The molecule has 1 heterocycles. The number of aromatic nitrogens is 2. The van der Waals surface area contributed by atoms with Crippen LogP contribution in [0.2, 0.25) is 5.15 Å². The molecule has 0 radical (unpaired) electrons. The summed E-state index contributed by atoms with van der Waals surface area (Å²) in [6.45, 7) is 0.995. The van der Waals surface area contributed by atoms with Gasteiger partial charge < -0.3 is 5.32 Å². The fourth-order valence-corrected chi connectivity index (χ4v) is 2.21. The fourth-order valence-electron chi connectivity index (χ4n) is 2.07. The van der Waals surface area contributed by atoms with Crippen molar-refractivity contribution in [2.75, 3.05) is 11.9 Å². The zero-order valence-electron chi connectivity index (χ0n) is 8.75. The van der Waals surface area contributed by atoms with Gasteiger partial charge >= 0.3 is 0 Å². The molecule has 1 aliphatic carbocycles. The van der Waals surface area contributed by atoms with E-state index in [4.69, 9.17) is 11.6 Å². The van der Waals surface area contributed by atoms with Gasteiger partial charge in [0.1, 0.15) is 11.0 Å². The van der Waals surface area contributed by atoms with Crippen molar-refractivity contribution in [1.82, 2.24) is 9.97 Å². The predicted octanol–water partition coefficient (Wildman–Crippen LogP) is 3.12. The SMILES string of the molecule is Clc1cncc(NCC2CCCCC2)n1. The summed E-state index contributed by atoms with van der Waals surface area (Å²) in [6.07, 6.45) is 10.1. The van der Waals surface area contributed by atoms with E-state index in [9.17, 15) is 0 Å². The standard InChI is InChI=1S/C11H16ClN3/c12-10-7-13-8-11(15-10)14-6-9-4-2-1-3-5-9/h7-9H,1-6H2,(H,14,15). The lowest BCUT2D eigenvalue weighted by Crippen LogP contribution is -2.17. The van der Waals surface area contributed by atoms with Crippen molar-refractivity contribution in [2.24, 2.45) is 5.92 Å². The highest BCUT2D eigenvalue weighted by Crippen LogP contribution is 2.23. The Morgan fingerprint density at radius 3 is 2.80 bits per heavy atom. The Bertz CT molecular complexity index is 310. The summed E-state index contributed by atoms with van der Waals surface area (Å²) < 4.78 is 0. The van der Waals surface area contributed by atoms with Gasteiger partial charge in [0.25, 0.3) is 0 Å². The number of halogens is 1. The molecule has 0 atom stereocenters. The van der Waals surface area contributed by atoms with Crippen molar-refractivity contribution >= 4 is 17.4 Å². The Morgan fingerprint density at radius 1 is 1.27 bits per heavy atom. The van der Waals surface area contributed by atoms with Gasteiger partial charge in [-0.05, 0) is 18.8 Å². The zero-order chi connectivity index (χ0) is 10.5. The number of hydrogen-bond donors (Lipinski definition) is 1. The first-order valence-electron chi connectivity index (χ1n) is 5.56. The Labute approximate surface area is 95.3 Å². The molecule has 82 valence electrons. The van der Waals surface area contributed by atoms with Crippen LogP contribution in [0.15, 0.2) is 12.4 Å². The van der Waals surface area contributed by atoms with Crippen LogP contribution in [0.1, 0.15) is 32.1 Å². The van der Waals surface area contributed by atoms with Crippen molar-refractivity contribution in [3.63, 3.8) is 0 Å². The number of nitrogens with zero attached hydrogens (tertiary/aromatic N) is 2. The van der Waals surface area contributed by atoms with Crippen molar-refractivity contribution in [2.45, 2.75) is 32.1 Å². The molecule has 1 saturated carbocycles. The van der Waals surface area contributed by atoms with Crippen LogP contribution in [-0.2, 0) is 0 Å². The lowest BCUT2D eigenvalue weighted by molar-refractivity contribution is 0.373. The lowest BCUT2D eigenvalue weighted by Gasteiger charge is -2.21. The van der Waals surface area contributed by atoms with Crippen LogP contribution in [0, 0.1) is 5.92 Å². The van der Waals surface area contributed by atoms with E-state index in [0.717, 1.165) is 18.3 Å². The Morgan fingerprint density at radius 2 is 2.07 bits per heavy atom. The lowest BCUT2D eigenvalue weighted by atomic mass is 9.89. The van der Waals surface area contributed by atoms with Gasteiger partial charge in [0, 0.05) is 6.54 Å². The van der Waals surface area contributed by atoms with Gasteiger partial charge in [0.15, 0.2) is 0 Å². The second-order valence-corrected chi connectivity index (χ2v) is 4.50. The molecule has 0 amide bonds. The van der Waals surface area contributed by atoms with Crippen LogP contribution in [0.4, 0.5) is 5.82 Å². The van der Waals surface area contributed by atoms with Crippen LogP contribution >= 0.6 is 11.6 Å². The maximum absolute atomic E-state index is 5.75. The number of rotatable bonds is 3. The average molecular weight is 226 g/mol. The molecule has 0 aromatic carbocycles. The summed E-state index contributed by atoms with van der Waals surface area (Å²) in [5.74, 6) is 1.58. The van der Waals surface area contributed by atoms with Crippen LogP contribution in [0.25, 0.3) is 0 Å². The Hall–Kier alpha value is -0.830. The van der Waals surface area contributed by atoms with Gasteiger partial charge in [0.05, 0.1) is 12.4 Å². The minimum absolute atomic E-state index is 0.448. The molecule has 4 heteroatoms. The van der Waals surface area contributed by atoms with Gasteiger partial charge in [-0.15, -0.1) is 0 Å². The summed E-state index contributed by atoms with van der Waals surface area (Å²) >= 11 is 5.75. The first-order valence-corrected chi connectivity index (χ1v) is 5.94. The molecule has 15 heavy (non-hydrogen) atoms. The fraction of sp³-hybridized carbons (Fsp3) is 0.636. The third-order valence-electron chi connectivity index (χ3n) is 2.90. The predicted molar refractivity (Wildman–Crippen MR) is 62.1 cm³/mol. The van der Waals surface area contributed by atoms with E-state index in [2.05, 4.69) is 15.3 Å². The highest BCUT2D eigenvalue weighted by atomic mass is 35.5. The quantitative estimate of drug-likeness (QED) is 0.859. The Kier molecular flexibility index (Phi) is 3.78. The molecule has 2 rings (SSSR count). The molecular weight excluding hydrogens is 210 g/mol. The van der Waals surface area contributed by atoms with Crippen LogP contribution < -0.4 is 5.32 Å². The first-order chi connectivity index (χ1) is 7.34. The second kappa shape index (κ2) is 5.31. The van der Waals surface area contributed by atoms with Crippen molar-refractivity contribution in [1.29, 1.82) is 0 Å². The molecule has 3 nitrogen and oxygen atoms in total. The van der Waals surface area contributed by atoms with E-state index in [-0.39, 0.29) is 0 Å². The van der Waals surface area contributed by atoms with E-state index < -0.39 is 0 Å². The third-order valence-corrected chi connectivity index (χ3v) is 3.08. The molecule has 0 aliphatic heterocycles. The van der Waals surface area contributed by atoms with E-state index in [1.807, 2.05) is 0 Å².